The van der Waals surface area contributed by atoms with Gasteiger partial charge in [-0.1, -0.05) is 33.8 Å². The van der Waals surface area contributed by atoms with Gasteiger partial charge in [0, 0.05) is 92.3 Å². The molecule has 0 spiro atoms. The van der Waals surface area contributed by atoms with E-state index in [-0.39, 0.29) is 43.0 Å². The minimum atomic E-state index is -1.03. The number of thiazole rings is 1. The number of rotatable bonds is 8. The number of aromatic nitrogens is 3. The average molecular weight is 896 g/mol. The Morgan fingerprint density at radius 1 is 1.12 bits per heavy atom. The fraction of sp³-hybridized carbons (Fsp3) is 0.583. The van der Waals surface area contributed by atoms with Crippen molar-refractivity contribution in [3.05, 3.63) is 58.2 Å². The van der Waals surface area contributed by atoms with Gasteiger partial charge in [0.25, 0.3) is 5.91 Å². The third-order valence-electron chi connectivity index (χ3n) is 13.7. The summed E-state index contributed by atoms with van der Waals surface area (Å²) in [5.41, 5.74) is 9.44. The van der Waals surface area contributed by atoms with E-state index in [0.29, 0.717) is 49.8 Å². The number of nitrogens with zero attached hydrogens (tertiary/aromatic N) is 7. The lowest BCUT2D eigenvalue weighted by atomic mass is 9.84. The van der Waals surface area contributed by atoms with Crippen LogP contribution in [0.3, 0.4) is 0 Å². The first-order valence-electron chi connectivity index (χ1n) is 22.9. The number of fused-ring (bicyclic) bond motifs is 7. The van der Waals surface area contributed by atoms with Crippen molar-refractivity contribution < 1.29 is 28.7 Å². The van der Waals surface area contributed by atoms with Gasteiger partial charge in [-0.25, -0.2) is 15.2 Å². The maximum Gasteiger partial charge on any atom is 0.324 e. The number of benzene rings is 1. The molecule has 3 fully saturated rings. The highest BCUT2D eigenvalue weighted by molar-refractivity contribution is 7.10. The molecule has 15 nitrogen and oxygen atoms in total. The quantitative estimate of drug-likeness (QED) is 0.204. The Morgan fingerprint density at radius 3 is 2.67 bits per heavy atom. The van der Waals surface area contributed by atoms with Crippen LogP contribution >= 0.6 is 11.3 Å². The van der Waals surface area contributed by atoms with E-state index in [0.717, 1.165) is 64.2 Å². The summed E-state index contributed by atoms with van der Waals surface area (Å²) in [4.78, 5) is 72.8. The number of amides is 4. The van der Waals surface area contributed by atoms with Crippen molar-refractivity contribution in [3.8, 4) is 22.5 Å². The van der Waals surface area contributed by atoms with Crippen LogP contribution in [0, 0.1) is 17.3 Å². The summed E-state index contributed by atoms with van der Waals surface area (Å²) in [7, 11) is 5.46. The number of hydrazine groups is 1. The number of pyridine rings is 1. The molecule has 4 aromatic rings. The summed E-state index contributed by atoms with van der Waals surface area (Å²) >= 11 is 1.44. The molecule has 64 heavy (non-hydrogen) atoms. The van der Waals surface area contributed by atoms with E-state index in [9.17, 15) is 19.2 Å². The van der Waals surface area contributed by atoms with E-state index >= 15 is 0 Å². The number of cyclic esters (lactones) is 1. The third-order valence-corrected chi connectivity index (χ3v) is 14.6. The Labute approximate surface area is 380 Å². The van der Waals surface area contributed by atoms with Gasteiger partial charge in [0.15, 0.2) is 0 Å². The third kappa shape index (κ3) is 8.90. The number of carbonyl (C=O) groups excluding carboxylic acids is 4. The smallest absolute Gasteiger partial charge is 0.324 e. The number of likely N-dealkylation sites (tertiary alicyclic amines) is 2. The molecular weight excluding hydrogens is 831 g/mol. The van der Waals surface area contributed by atoms with Gasteiger partial charge >= 0.3 is 12.0 Å². The Kier molecular flexibility index (Phi) is 13.2. The number of likely N-dealkylation sites (N-methyl/N-ethyl adjacent to an activating group) is 2. The molecule has 3 saturated heterocycles. The van der Waals surface area contributed by atoms with Crippen LogP contribution in [0.2, 0.25) is 0 Å². The normalized spacial score (nSPS) is 23.8. The zero-order valence-electron chi connectivity index (χ0n) is 38.8. The first-order chi connectivity index (χ1) is 30.6. The van der Waals surface area contributed by atoms with Crippen LogP contribution in [-0.2, 0) is 43.2 Å². The van der Waals surface area contributed by atoms with E-state index in [1.54, 1.807) is 25.3 Å². The van der Waals surface area contributed by atoms with E-state index in [2.05, 4.69) is 72.3 Å². The van der Waals surface area contributed by atoms with E-state index in [1.165, 1.54) is 16.3 Å². The van der Waals surface area contributed by atoms with Crippen LogP contribution in [0.5, 0.6) is 0 Å². The fourth-order valence-corrected chi connectivity index (χ4v) is 11.3. The number of aryl methyl sites for hydroxylation is 1. The predicted molar refractivity (Wildman–Crippen MR) is 247 cm³/mol. The first kappa shape index (κ1) is 45.7. The Bertz CT molecular complexity index is 2390. The maximum atomic E-state index is 14.6. The number of carbonyl (C=O) groups is 4. The van der Waals surface area contributed by atoms with Crippen LogP contribution in [0.1, 0.15) is 83.2 Å². The SMILES string of the molecule is CCn1c(-c2cccnc2[C@H](C)OC)c2c3cc(ccc31)-c1csc(n1)C[C@H](NC(=O)C(C(C)C)N(C)C(=O)N1CC[C@H]3CN(C)C[C@H]31)C(=O)N1CCC[C@H](N1)C(=O)OCC(C)(C)C2. The van der Waals surface area contributed by atoms with Gasteiger partial charge in [-0.3, -0.25) is 24.4 Å². The van der Waals surface area contributed by atoms with Gasteiger partial charge in [-0.2, -0.15) is 0 Å². The number of methoxy groups -OCH3 is 1. The molecule has 3 aromatic heterocycles. The molecule has 344 valence electrons. The van der Waals surface area contributed by atoms with E-state index in [1.807, 2.05) is 37.1 Å². The second-order valence-electron chi connectivity index (χ2n) is 19.4. The zero-order chi connectivity index (χ0) is 45.6. The number of hydrogen-bond acceptors (Lipinski definition) is 11. The number of nitrogens with one attached hydrogen (secondary N) is 2. The molecule has 6 atom stereocenters. The van der Waals surface area contributed by atoms with Crippen LogP contribution in [-0.4, -0.2) is 136 Å². The monoisotopic (exact) mass is 895 g/mol. The molecule has 0 saturated carbocycles. The lowest BCUT2D eigenvalue weighted by Crippen LogP contribution is -2.62. The molecule has 4 amide bonds. The topological polar surface area (TPSA) is 154 Å². The van der Waals surface area contributed by atoms with Gasteiger partial charge in [-0.05, 0) is 88.2 Å². The molecule has 0 radical (unpaired) electrons. The Morgan fingerprint density at radius 2 is 1.92 bits per heavy atom. The number of ether oxygens (including phenoxy) is 2. The summed E-state index contributed by atoms with van der Waals surface area (Å²) in [6, 6.07) is 7.81. The highest BCUT2D eigenvalue weighted by Gasteiger charge is 2.45. The Balaban J connectivity index is 1.16. The van der Waals surface area contributed by atoms with Crippen molar-refractivity contribution in [2.24, 2.45) is 17.3 Å². The fourth-order valence-electron chi connectivity index (χ4n) is 10.5. The number of esters is 1. The van der Waals surface area contributed by atoms with Crippen molar-refractivity contribution in [1.82, 2.24) is 45.0 Å². The van der Waals surface area contributed by atoms with Crippen LogP contribution in [0.4, 0.5) is 4.79 Å². The maximum absolute atomic E-state index is 14.6. The highest BCUT2D eigenvalue weighted by Crippen LogP contribution is 2.42. The van der Waals surface area contributed by atoms with Gasteiger partial charge in [0.1, 0.15) is 18.1 Å². The molecule has 7 heterocycles. The molecule has 0 aliphatic carbocycles. The molecule has 1 aromatic carbocycles. The lowest BCUT2D eigenvalue weighted by Gasteiger charge is -2.37. The minimum absolute atomic E-state index is 0.118. The van der Waals surface area contributed by atoms with Gasteiger partial charge < -0.3 is 34.1 Å². The second-order valence-corrected chi connectivity index (χ2v) is 20.3. The highest BCUT2D eigenvalue weighted by atomic mass is 32.1. The lowest BCUT2D eigenvalue weighted by molar-refractivity contribution is -0.155. The summed E-state index contributed by atoms with van der Waals surface area (Å²) in [6.07, 6.45) is 4.27. The molecule has 1 unspecified atom stereocenters. The number of hydrogen-bond donors (Lipinski definition) is 2. The predicted octanol–water partition coefficient (Wildman–Crippen LogP) is 5.91. The molecule has 6 bridgehead atoms. The van der Waals surface area contributed by atoms with Crippen molar-refractivity contribution in [3.63, 3.8) is 0 Å². The molecule has 4 aliphatic rings. The average Bonchev–Trinajstić information content (AvgIpc) is 4.06. The molecule has 8 rings (SSSR count). The Hall–Kier alpha value is -4.90. The van der Waals surface area contributed by atoms with E-state index in [4.69, 9.17) is 19.4 Å². The summed E-state index contributed by atoms with van der Waals surface area (Å²) in [5, 5.41) is 8.28. The molecule has 2 N–H and O–H groups in total. The largest absolute Gasteiger partial charge is 0.464 e. The number of urea groups is 1. The van der Waals surface area contributed by atoms with Gasteiger partial charge in [-0.15, -0.1) is 11.3 Å². The summed E-state index contributed by atoms with van der Waals surface area (Å²) in [5.74, 6) is -1.05. The summed E-state index contributed by atoms with van der Waals surface area (Å²) in [6.45, 7) is 15.8. The van der Waals surface area contributed by atoms with Crippen molar-refractivity contribution in [2.45, 2.75) is 110 Å². The van der Waals surface area contributed by atoms with Crippen molar-refractivity contribution >= 4 is 46.1 Å². The second kappa shape index (κ2) is 18.5. The first-order valence-corrected chi connectivity index (χ1v) is 23.8. The van der Waals surface area contributed by atoms with Crippen LogP contribution in [0.25, 0.3) is 33.4 Å². The van der Waals surface area contributed by atoms with Gasteiger partial charge in [0.05, 0.1) is 40.8 Å². The molecule has 4 aliphatic heterocycles. The van der Waals surface area contributed by atoms with Crippen molar-refractivity contribution in [1.29, 1.82) is 0 Å². The minimum Gasteiger partial charge on any atom is -0.464 e. The zero-order valence-corrected chi connectivity index (χ0v) is 39.7. The van der Waals surface area contributed by atoms with Gasteiger partial charge in [0.2, 0.25) is 5.91 Å². The van der Waals surface area contributed by atoms with Crippen LogP contribution < -0.4 is 10.7 Å². The summed E-state index contributed by atoms with van der Waals surface area (Å²) < 4.78 is 14.3. The molecule has 16 heteroatoms. The molecular formula is C48H65N9O6S. The van der Waals surface area contributed by atoms with E-state index < -0.39 is 35.4 Å². The standard InChI is InChI=1S/C48H65N9O6S/c1-10-55-38-16-15-30-21-33(38)34(43(55)32-13-11-18-49-41(32)29(4)62-9)23-48(5,6)27-63-46(60)35-14-12-19-57(52-35)45(59)36(22-40-50-37(30)26-64-40)51-44(58)42(28(2)3)54(8)47(61)56-20-17-31-24-53(7)25-39(31)56/h11,13,15-16,18,21,26,28-29,31,35-36,39,42,52H,10,12,14,17,19-20,22-25,27H2,1-9H3,(H,51,58)/t29-,31-,35-,36-,39+,42?/m0/s1. The van der Waals surface area contributed by atoms with Crippen molar-refractivity contribution in [2.75, 3.05) is 54.0 Å². The van der Waals surface area contributed by atoms with Crippen LogP contribution in [0.15, 0.2) is 41.9 Å².